The second kappa shape index (κ2) is 10.2. The standard InChI is InChI=1S/C16H30ClN3/c1-4-6-8-9-10-13(3)18-12-14-16(17)20-15(19-14)11-7-5-2/h13,18H,4-12H2,1-3H3,(H,19,20). The largest absolute Gasteiger partial charge is 0.344 e. The number of hydrogen-bond acceptors (Lipinski definition) is 2. The smallest absolute Gasteiger partial charge is 0.151 e. The van der Waals surface area contributed by atoms with Gasteiger partial charge >= 0.3 is 0 Å². The minimum Gasteiger partial charge on any atom is -0.344 e. The molecule has 0 aromatic carbocycles. The van der Waals surface area contributed by atoms with Crippen LogP contribution in [-0.2, 0) is 13.0 Å². The monoisotopic (exact) mass is 299 g/mol. The normalized spacial score (nSPS) is 12.8. The van der Waals surface area contributed by atoms with Crippen molar-refractivity contribution in [1.29, 1.82) is 0 Å². The van der Waals surface area contributed by atoms with E-state index in [9.17, 15) is 0 Å². The van der Waals surface area contributed by atoms with Gasteiger partial charge < -0.3 is 10.3 Å². The summed E-state index contributed by atoms with van der Waals surface area (Å²) in [7, 11) is 0. The van der Waals surface area contributed by atoms with Gasteiger partial charge in [-0.3, -0.25) is 0 Å². The van der Waals surface area contributed by atoms with Crippen molar-refractivity contribution in [3.05, 3.63) is 16.7 Å². The summed E-state index contributed by atoms with van der Waals surface area (Å²) >= 11 is 6.17. The number of unbranched alkanes of at least 4 members (excludes halogenated alkanes) is 4. The van der Waals surface area contributed by atoms with Crippen LogP contribution in [0.1, 0.15) is 77.2 Å². The third-order valence-electron chi connectivity index (χ3n) is 3.66. The molecule has 0 amide bonds. The maximum absolute atomic E-state index is 6.17. The zero-order chi connectivity index (χ0) is 14.8. The Morgan fingerprint density at radius 2 is 1.90 bits per heavy atom. The van der Waals surface area contributed by atoms with Crippen LogP contribution < -0.4 is 5.32 Å². The number of halogens is 1. The minimum absolute atomic E-state index is 0.533. The summed E-state index contributed by atoms with van der Waals surface area (Å²) in [4.78, 5) is 7.72. The van der Waals surface area contributed by atoms with E-state index in [-0.39, 0.29) is 0 Å². The van der Waals surface area contributed by atoms with Gasteiger partial charge in [0.1, 0.15) is 5.82 Å². The lowest BCUT2D eigenvalue weighted by Crippen LogP contribution is -2.25. The van der Waals surface area contributed by atoms with Gasteiger partial charge in [0, 0.05) is 19.0 Å². The molecule has 0 radical (unpaired) electrons. The van der Waals surface area contributed by atoms with Crippen LogP contribution in [0, 0.1) is 0 Å². The highest BCUT2D eigenvalue weighted by molar-refractivity contribution is 6.30. The quantitative estimate of drug-likeness (QED) is 0.573. The summed E-state index contributed by atoms with van der Waals surface area (Å²) in [5, 5.41) is 4.16. The second-order valence-corrected chi connectivity index (χ2v) is 6.05. The number of nitrogens with zero attached hydrogens (tertiary/aromatic N) is 1. The van der Waals surface area contributed by atoms with Crippen LogP contribution in [-0.4, -0.2) is 16.0 Å². The number of hydrogen-bond donors (Lipinski definition) is 2. The number of aromatic nitrogens is 2. The fourth-order valence-electron chi connectivity index (χ4n) is 2.28. The average Bonchev–Trinajstić information content (AvgIpc) is 2.79. The van der Waals surface area contributed by atoms with Crippen LogP contribution >= 0.6 is 11.6 Å². The molecule has 2 N–H and O–H groups in total. The Morgan fingerprint density at radius 3 is 2.60 bits per heavy atom. The van der Waals surface area contributed by atoms with Gasteiger partial charge in [0.15, 0.2) is 5.15 Å². The molecule has 0 fully saturated rings. The number of imidazole rings is 1. The summed E-state index contributed by atoms with van der Waals surface area (Å²) in [6, 6.07) is 0.533. The molecule has 1 aromatic heterocycles. The van der Waals surface area contributed by atoms with Crippen molar-refractivity contribution >= 4 is 11.6 Å². The summed E-state index contributed by atoms with van der Waals surface area (Å²) in [6.45, 7) is 7.46. The lowest BCUT2D eigenvalue weighted by molar-refractivity contribution is 0.480. The first-order valence-corrected chi connectivity index (χ1v) is 8.51. The van der Waals surface area contributed by atoms with Crippen LogP contribution in [0.15, 0.2) is 0 Å². The van der Waals surface area contributed by atoms with Crippen LogP contribution in [0.2, 0.25) is 5.15 Å². The van der Waals surface area contributed by atoms with E-state index in [2.05, 4.69) is 36.1 Å². The first-order chi connectivity index (χ1) is 9.67. The molecule has 0 bridgehead atoms. The number of nitrogens with one attached hydrogen (secondary N) is 2. The highest BCUT2D eigenvalue weighted by Crippen LogP contribution is 2.14. The Labute approximate surface area is 128 Å². The average molecular weight is 300 g/mol. The highest BCUT2D eigenvalue weighted by atomic mass is 35.5. The second-order valence-electron chi connectivity index (χ2n) is 5.69. The van der Waals surface area contributed by atoms with Crippen molar-refractivity contribution in [1.82, 2.24) is 15.3 Å². The first-order valence-electron chi connectivity index (χ1n) is 8.14. The van der Waals surface area contributed by atoms with Gasteiger partial charge in [-0.2, -0.15) is 0 Å². The molecular formula is C16H30ClN3. The van der Waals surface area contributed by atoms with Crippen molar-refractivity contribution in [2.75, 3.05) is 0 Å². The summed E-state index contributed by atoms with van der Waals surface area (Å²) in [6.07, 6.45) is 9.85. The molecule has 1 atom stereocenters. The predicted octanol–water partition coefficient (Wildman–Crippen LogP) is 4.85. The first kappa shape index (κ1) is 17.5. The molecule has 1 unspecified atom stereocenters. The van der Waals surface area contributed by atoms with Gasteiger partial charge in [0.05, 0.1) is 5.69 Å². The van der Waals surface area contributed by atoms with Crippen LogP contribution in [0.5, 0.6) is 0 Å². The van der Waals surface area contributed by atoms with Crippen LogP contribution in [0.25, 0.3) is 0 Å². The molecule has 20 heavy (non-hydrogen) atoms. The van der Waals surface area contributed by atoms with Gasteiger partial charge in [-0.05, 0) is 19.8 Å². The van der Waals surface area contributed by atoms with E-state index < -0.39 is 0 Å². The zero-order valence-electron chi connectivity index (χ0n) is 13.3. The van der Waals surface area contributed by atoms with Crippen LogP contribution in [0.3, 0.4) is 0 Å². The molecule has 1 rings (SSSR count). The fraction of sp³-hybridized carbons (Fsp3) is 0.812. The fourth-order valence-corrected chi connectivity index (χ4v) is 2.49. The highest BCUT2D eigenvalue weighted by Gasteiger charge is 2.09. The van der Waals surface area contributed by atoms with Crippen molar-refractivity contribution < 1.29 is 0 Å². The number of H-pyrrole nitrogens is 1. The van der Waals surface area contributed by atoms with Gasteiger partial charge in [0.25, 0.3) is 0 Å². The Kier molecular flexibility index (Phi) is 8.95. The van der Waals surface area contributed by atoms with Crippen molar-refractivity contribution in [3.8, 4) is 0 Å². The molecule has 1 aromatic rings. The van der Waals surface area contributed by atoms with Crippen molar-refractivity contribution in [2.45, 2.75) is 84.7 Å². The van der Waals surface area contributed by atoms with E-state index in [1.165, 1.54) is 38.5 Å². The molecule has 116 valence electrons. The summed E-state index contributed by atoms with van der Waals surface area (Å²) < 4.78 is 0. The Bertz CT molecular complexity index is 363. The van der Waals surface area contributed by atoms with E-state index >= 15 is 0 Å². The molecule has 3 nitrogen and oxygen atoms in total. The Hall–Kier alpha value is -0.540. The van der Waals surface area contributed by atoms with Gasteiger partial charge in [-0.15, -0.1) is 0 Å². The topological polar surface area (TPSA) is 40.7 Å². The zero-order valence-corrected chi connectivity index (χ0v) is 14.0. The number of rotatable bonds is 11. The molecule has 0 spiro atoms. The van der Waals surface area contributed by atoms with E-state index in [1.807, 2.05) is 0 Å². The van der Waals surface area contributed by atoms with E-state index in [1.54, 1.807) is 0 Å². The Balaban J connectivity index is 2.28. The van der Waals surface area contributed by atoms with E-state index in [4.69, 9.17) is 11.6 Å². The van der Waals surface area contributed by atoms with Crippen LogP contribution in [0.4, 0.5) is 0 Å². The van der Waals surface area contributed by atoms with E-state index in [0.29, 0.717) is 11.2 Å². The Morgan fingerprint density at radius 1 is 1.15 bits per heavy atom. The molecule has 0 aliphatic rings. The van der Waals surface area contributed by atoms with Gasteiger partial charge in [0.2, 0.25) is 0 Å². The maximum Gasteiger partial charge on any atom is 0.151 e. The number of aryl methyl sites for hydroxylation is 1. The third-order valence-corrected chi connectivity index (χ3v) is 3.98. The lowest BCUT2D eigenvalue weighted by Gasteiger charge is -2.12. The molecule has 0 aliphatic heterocycles. The molecule has 0 saturated heterocycles. The molecule has 1 heterocycles. The number of aromatic amines is 1. The summed E-state index contributed by atoms with van der Waals surface area (Å²) in [5.41, 5.74) is 1.03. The predicted molar refractivity (Wildman–Crippen MR) is 87.3 cm³/mol. The van der Waals surface area contributed by atoms with Gasteiger partial charge in [-0.1, -0.05) is 57.6 Å². The summed E-state index contributed by atoms with van der Waals surface area (Å²) in [5.74, 6) is 1.02. The van der Waals surface area contributed by atoms with Crippen molar-refractivity contribution in [3.63, 3.8) is 0 Å². The van der Waals surface area contributed by atoms with Gasteiger partial charge in [-0.25, -0.2) is 4.98 Å². The SMILES string of the molecule is CCCCCCC(C)NCc1[nH]c(CCCC)nc1Cl. The molecule has 0 saturated carbocycles. The third kappa shape index (κ3) is 6.76. The molecule has 4 heteroatoms. The lowest BCUT2D eigenvalue weighted by atomic mass is 10.1. The molecule has 0 aliphatic carbocycles. The van der Waals surface area contributed by atoms with E-state index in [0.717, 1.165) is 30.9 Å². The minimum atomic E-state index is 0.533. The van der Waals surface area contributed by atoms with Crippen molar-refractivity contribution in [2.24, 2.45) is 0 Å². The molecular weight excluding hydrogens is 270 g/mol. The maximum atomic E-state index is 6.17.